The highest BCUT2D eigenvalue weighted by molar-refractivity contribution is 6.31. The molecule has 10 heteroatoms. The molecule has 0 bridgehead atoms. The molecule has 1 aliphatic heterocycles. The van der Waals surface area contributed by atoms with Crippen molar-refractivity contribution in [1.29, 1.82) is 0 Å². The maximum absolute atomic E-state index is 13.8. The Balaban J connectivity index is 1.61. The summed E-state index contributed by atoms with van der Waals surface area (Å²) >= 11 is 12.5. The highest BCUT2D eigenvalue weighted by Crippen LogP contribution is 2.37. The van der Waals surface area contributed by atoms with Gasteiger partial charge >= 0.3 is 12.1 Å². The van der Waals surface area contributed by atoms with E-state index in [1.165, 1.54) is 0 Å². The van der Waals surface area contributed by atoms with Crippen LogP contribution in [0.15, 0.2) is 54.6 Å². The molecule has 4 rings (SSSR count). The van der Waals surface area contributed by atoms with Crippen LogP contribution in [0.25, 0.3) is 0 Å². The summed E-state index contributed by atoms with van der Waals surface area (Å²) in [7, 11) is 1.59. The first kappa shape index (κ1) is 30.3. The van der Waals surface area contributed by atoms with E-state index in [2.05, 4.69) is 5.32 Å². The van der Waals surface area contributed by atoms with Gasteiger partial charge in [0.2, 0.25) is 0 Å². The summed E-state index contributed by atoms with van der Waals surface area (Å²) in [4.78, 5) is 30.1. The normalized spacial score (nSPS) is 15.4. The summed E-state index contributed by atoms with van der Waals surface area (Å²) in [5.41, 5.74) is 2.36. The number of halogens is 2. The predicted octanol–water partition coefficient (Wildman–Crippen LogP) is 8.24. The zero-order valence-electron chi connectivity index (χ0n) is 24.1. The van der Waals surface area contributed by atoms with Gasteiger partial charge in [0.05, 0.1) is 18.8 Å². The molecule has 41 heavy (non-hydrogen) atoms. The lowest BCUT2D eigenvalue weighted by Crippen LogP contribution is -2.54. The number of anilines is 1. The topological polar surface area (TPSA) is 80.3 Å². The average molecular weight is 601 g/mol. The van der Waals surface area contributed by atoms with Crippen LogP contribution in [0.4, 0.5) is 15.3 Å². The number of hydrogen-bond donors (Lipinski definition) is 1. The molecule has 1 fully saturated rings. The minimum Gasteiger partial charge on any atom is -0.497 e. The summed E-state index contributed by atoms with van der Waals surface area (Å²) in [6.45, 7) is 10.2. The van der Waals surface area contributed by atoms with Crippen LogP contribution in [0.2, 0.25) is 10.0 Å². The molecule has 3 aromatic rings. The number of carbonyl (C=O) groups is 2. The minimum atomic E-state index is -0.634. The molecule has 8 nitrogen and oxygen atoms in total. The molecule has 0 radical (unpaired) electrons. The zero-order chi connectivity index (χ0) is 29.9. The van der Waals surface area contributed by atoms with E-state index in [0.717, 1.165) is 16.7 Å². The molecule has 1 N–H and O–H groups in total. The standard InChI is InChI=1S/C31H35Cl2N3O5/c1-19-15-23(33)16-20(2)28(19)40-27-12-9-22(32)17-25(27)34-29(37)36-14-13-35(30(38)41-31(3,4)5)18-26(36)21-7-10-24(39-6)11-8-21/h7-12,15-17,26H,13-14,18H2,1-6H3,(H,34,37). The Morgan fingerprint density at radius 3 is 2.20 bits per heavy atom. The number of rotatable bonds is 5. The maximum atomic E-state index is 13.8. The minimum absolute atomic E-state index is 0.261. The van der Waals surface area contributed by atoms with Crippen LogP contribution in [-0.4, -0.2) is 54.3 Å². The number of amides is 3. The van der Waals surface area contributed by atoms with Gasteiger partial charge in [0.1, 0.15) is 17.1 Å². The Bertz CT molecular complexity index is 1400. The molecule has 1 saturated heterocycles. The van der Waals surface area contributed by atoms with Gasteiger partial charge < -0.3 is 29.3 Å². The summed E-state index contributed by atoms with van der Waals surface area (Å²) in [6.07, 6.45) is -0.421. The summed E-state index contributed by atoms with van der Waals surface area (Å²) in [5.74, 6) is 1.78. The number of ether oxygens (including phenoxy) is 3. The number of carbonyl (C=O) groups excluding carboxylic acids is 2. The van der Waals surface area contributed by atoms with Gasteiger partial charge in [-0.25, -0.2) is 9.59 Å². The number of nitrogens with one attached hydrogen (secondary N) is 1. The highest BCUT2D eigenvalue weighted by atomic mass is 35.5. The van der Waals surface area contributed by atoms with Crippen molar-refractivity contribution in [2.45, 2.75) is 46.3 Å². The van der Waals surface area contributed by atoms with Gasteiger partial charge in [-0.15, -0.1) is 0 Å². The number of benzene rings is 3. The molecule has 1 atom stereocenters. The third-order valence-corrected chi connectivity index (χ3v) is 7.07. The average Bonchev–Trinajstić information content (AvgIpc) is 2.90. The van der Waals surface area contributed by atoms with Gasteiger partial charge in [0.25, 0.3) is 0 Å². The van der Waals surface area contributed by atoms with E-state index in [4.69, 9.17) is 37.4 Å². The molecule has 3 amide bonds. The molecular weight excluding hydrogens is 565 g/mol. The maximum Gasteiger partial charge on any atom is 0.410 e. The third kappa shape index (κ3) is 7.57. The Labute approximate surface area is 251 Å². The number of piperazine rings is 1. The van der Waals surface area contributed by atoms with E-state index in [1.807, 2.05) is 71.0 Å². The van der Waals surface area contributed by atoms with Gasteiger partial charge in [0.15, 0.2) is 5.75 Å². The molecular formula is C31H35Cl2N3O5. The molecule has 0 saturated carbocycles. The monoisotopic (exact) mass is 599 g/mol. The van der Waals surface area contributed by atoms with Crippen LogP contribution in [0.5, 0.6) is 17.2 Å². The van der Waals surface area contributed by atoms with Gasteiger partial charge in [0, 0.05) is 29.7 Å². The van der Waals surface area contributed by atoms with E-state index in [0.29, 0.717) is 39.5 Å². The largest absolute Gasteiger partial charge is 0.497 e. The predicted molar refractivity (Wildman–Crippen MR) is 162 cm³/mol. The number of methoxy groups -OCH3 is 1. The molecule has 0 aromatic heterocycles. The number of nitrogens with zero attached hydrogens (tertiary/aromatic N) is 2. The van der Waals surface area contributed by atoms with Crippen molar-refractivity contribution in [3.05, 3.63) is 81.3 Å². The lowest BCUT2D eigenvalue weighted by Gasteiger charge is -2.41. The van der Waals surface area contributed by atoms with Crippen molar-refractivity contribution in [2.24, 2.45) is 0 Å². The van der Waals surface area contributed by atoms with Crippen molar-refractivity contribution in [1.82, 2.24) is 9.80 Å². The van der Waals surface area contributed by atoms with E-state index in [1.54, 1.807) is 35.1 Å². The molecule has 1 aliphatic rings. The second-order valence-corrected chi connectivity index (χ2v) is 11.8. The fourth-order valence-corrected chi connectivity index (χ4v) is 5.17. The molecule has 218 valence electrons. The van der Waals surface area contributed by atoms with Crippen LogP contribution < -0.4 is 14.8 Å². The molecule has 0 aliphatic carbocycles. The van der Waals surface area contributed by atoms with E-state index in [9.17, 15) is 9.59 Å². The van der Waals surface area contributed by atoms with E-state index < -0.39 is 17.7 Å². The fraction of sp³-hybridized carbons (Fsp3) is 0.355. The first-order valence-electron chi connectivity index (χ1n) is 13.3. The lowest BCUT2D eigenvalue weighted by atomic mass is 10.0. The number of aryl methyl sites for hydroxylation is 2. The Morgan fingerprint density at radius 1 is 0.927 bits per heavy atom. The smallest absolute Gasteiger partial charge is 0.410 e. The number of hydrogen-bond acceptors (Lipinski definition) is 5. The van der Waals surface area contributed by atoms with Crippen LogP contribution >= 0.6 is 23.2 Å². The van der Waals surface area contributed by atoms with Crippen molar-refractivity contribution in [2.75, 3.05) is 32.1 Å². The fourth-order valence-electron chi connectivity index (χ4n) is 4.67. The number of urea groups is 1. The van der Waals surface area contributed by atoms with Gasteiger partial charge in [-0.05, 0) is 93.8 Å². The Kier molecular flexibility index (Phi) is 9.24. The van der Waals surface area contributed by atoms with Crippen LogP contribution in [0.1, 0.15) is 43.5 Å². The first-order valence-corrected chi connectivity index (χ1v) is 14.0. The SMILES string of the molecule is COc1ccc(C2CN(C(=O)OC(C)(C)C)CCN2C(=O)Nc2cc(Cl)ccc2Oc2c(C)cc(Cl)cc2C)cc1. The third-order valence-electron chi connectivity index (χ3n) is 6.61. The van der Waals surface area contributed by atoms with E-state index in [-0.39, 0.29) is 19.1 Å². The van der Waals surface area contributed by atoms with E-state index >= 15 is 0 Å². The van der Waals surface area contributed by atoms with Gasteiger partial charge in [-0.2, -0.15) is 0 Å². The summed E-state index contributed by atoms with van der Waals surface area (Å²) in [5, 5.41) is 4.05. The van der Waals surface area contributed by atoms with Gasteiger partial charge in [-0.3, -0.25) is 0 Å². The van der Waals surface area contributed by atoms with Crippen LogP contribution in [0, 0.1) is 13.8 Å². The zero-order valence-corrected chi connectivity index (χ0v) is 25.6. The Hall–Kier alpha value is -3.62. The van der Waals surface area contributed by atoms with Crippen molar-refractivity contribution in [3.8, 4) is 17.2 Å². The second kappa shape index (κ2) is 12.5. The van der Waals surface area contributed by atoms with Crippen LogP contribution in [-0.2, 0) is 4.74 Å². The lowest BCUT2D eigenvalue weighted by molar-refractivity contribution is 0.00956. The van der Waals surface area contributed by atoms with Crippen LogP contribution in [0.3, 0.4) is 0 Å². The van der Waals surface area contributed by atoms with Crippen molar-refractivity contribution >= 4 is 41.0 Å². The second-order valence-electron chi connectivity index (χ2n) is 11.0. The first-order chi connectivity index (χ1) is 19.3. The molecule has 1 heterocycles. The van der Waals surface area contributed by atoms with Gasteiger partial charge in [-0.1, -0.05) is 35.3 Å². The quantitative estimate of drug-likeness (QED) is 0.319. The van der Waals surface area contributed by atoms with Crippen molar-refractivity contribution in [3.63, 3.8) is 0 Å². The summed E-state index contributed by atoms with van der Waals surface area (Å²) in [6, 6.07) is 15.4. The van der Waals surface area contributed by atoms with Crippen molar-refractivity contribution < 1.29 is 23.8 Å². The molecule has 3 aromatic carbocycles. The molecule has 0 spiro atoms. The summed E-state index contributed by atoms with van der Waals surface area (Å²) < 4.78 is 17.2. The molecule has 1 unspecified atom stereocenters. The highest BCUT2D eigenvalue weighted by Gasteiger charge is 2.35. The Morgan fingerprint density at radius 2 is 1.59 bits per heavy atom.